The lowest BCUT2D eigenvalue weighted by molar-refractivity contribution is -0.0856. The van der Waals surface area contributed by atoms with E-state index >= 15 is 0 Å². The van der Waals surface area contributed by atoms with E-state index in [2.05, 4.69) is 0 Å². The smallest absolute Gasteiger partial charge is 0.410 e. The van der Waals surface area contributed by atoms with Gasteiger partial charge in [-0.25, -0.2) is 4.79 Å². The first-order valence-electron chi connectivity index (χ1n) is 6.65. The van der Waals surface area contributed by atoms with Crippen LogP contribution < -0.4 is 0 Å². The van der Waals surface area contributed by atoms with Crippen LogP contribution in [-0.4, -0.2) is 65.3 Å². The van der Waals surface area contributed by atoms with Crippen LogP contribution in [0.25, 0.3) is 0 Å². The first-order chi connectivity index (χ1) is 8.76. The van der Waals surface area contributed by atoms with Crippen molar-refractivity contribution in [1.82, 2.24) is 4.90 Å². The summed E-state index contributed by atoms with van der Waals surface area (Å²) in [6.07, 6.45) is 0.570. The second kappa shape index (κ2) is 6.54. The van der Waals surface area contributed by atoms with Gasteiger partial charge in [-0.2, -0.15) is 0 Å². The van der Waals surface area contributed by atoms with Crippen molar-refractivity contribution in [3.8, 4) is 0 Å². The zero-order valence-corrected chi connectivity index (χ0v) is 12.0. The summed E-state index contributed by atoms with van der Waals surface area (Å²) in [4.78, 5) is 13.4. The summed E-state index contributed by atoms with van der Waals surface area (Å²) in [5.74, 6) is 0. The first kappa shape index (κ1) is 16.2. The molecule has 0 radical (unpaired) electrons. The molecular formula is C13H25NO5. The van der Waals surface area contributed by atoms with Gasteiger partial charge in [-0.1, -0.05) is 0 Å². The SMILES string of the molecule is CC(C)(C)OC(=O)N1CCC(O)(COCCO)CC1. The Morgan fingerprint density at radius 1 is 1.32 bits per heavy atom. The van der Waals surface area contributed by atoms with Crippen LogP contribution in [0.3, 0.4) is 0 Å². The van der Waals surface area contributed by atoms with Crippen LogP contribution in [0.2, 0.25) is 0 Å². The van der Waals surface area contributed by atoms with Crippen LogP contribution >= 0.6 is 0 Å². The predicted molar refractivity (Wildman–Crippen MR) is 69.9 cm³/mol. The molecule has 0 unspecified atom stereocenters. The summed E-state index contributed by atoms with van der Waals surface area (Å²) in [6.45, 7) is 6.74. The average molecular weight is 275 g/mol. The molecule has 1 rings (SSSR count). The second-order valence-electron chi connectivity index (χ2n) is 5.97. The van der Waals surface area contributed by atoms with Crippen LogP contribution in [0.5, 0.6) is 0 Å². The van der Waals surface area contributed by atoms with Gasteiger partial charge in [0.1, 0.15) is 5.60 Å². The molecule has 0 saturated carbocycles. The van der Waals surface area contributed by atoms with Crippen molar-refractivity contribution in [3.05, 3.63) is 0 Å². The Kier molecular flexibility index (Phi) is 5.58. The summed E-state index contributed by atoms with van der Waals surface area (Å²) in [5.41, 5.74) is -1.41. The number of piperidine rings is 1. The Bertz CT molecular complexity index is 292. The highest BCUT2D eigenvalue weighted by atomic mass is 16.6. The number of aliphatic hydroxyl groups excluding tert-OH is 1. The predicted octanol–water partition coefficient (Wildman–Crippen LogP) is 0.757. The number of ether oxygens (including phenoxy) is 2. The number of carbonyl (C=O) groups excluding carboxylic acids is 1. The molecule has 0 aromatic rings. The van der Waals surface area contributed by atoms with Gasteiger partial charge >= 0.3 is 6.09 Å². The molecule has 0 spiro atoms. The minimum atomic E-state index is -0.909. The average Bonchev–Trinajstić information content (AvgIpc) is 2.27. The van der Waals surface area contributed by atoms with E-state index < -0.39 is 11.2 Å². The summed E-state index contributed by atoms with van der Waals surface area (Å²) in [5, 5.41) is 18.9. The fourth-order valence-corrected chi connectivity index (χ4v) is 1.90. The third kappa shape index (κ3) is 5.76. The maximum atomic E-state index is 11.8. The number of hydrogen-bond donors (Lipinski definition) is 2. The summed E-state index contributed by atoms with van der Waals surface area (Å²) in [6, 6.07) is 0. The van der Waals surface area contributed by atoms with E-state index in [0.717, 1.165) is 0 Å². The third-order valence-electron chi connectivity index (χ3n) is 2.95. The Labute approximate surface area is 114 Å². The molecule has 0 aromatic carbocycles. The fraction of sp³-hybridized carbons (Fsp3) is 0.923. The maximum Gasteiger partial charge on any atom is 0.410 e. The molecule has 19 heavy (non-hydrogen) atoms. The standard InChI is InChI=1S/C13H25NO5/c1-12(2,3)19-11(16)14-6-4-13(17,5-7-14)10-18-9-8-15/h15,17H,4-10H2,1-3H3. The Morgan fingerprint density at radius 3 is 2.37 bits per heavy atom. The normalized spacial score (nSPS) is 19.3. The van der Waals surface area contributed by atoms with Crippen LogP contribution in [0.4, 0.5) is 4.79 Å². The van der Waals surface area contributed by atoms with Crippen LogP contribution in [0, 0.1) is 0 Å². The molecule has 1 aliphatic heterocycles. The first-order valence-corrected chi connectivity index (χ1v) is 6.65. The maximum absolute atomic E-state index is 11.8. The Morgan fingerprint density at radius 2 is 1.89 bits per heavy atom. The minimum absolute atomic E-state index is 0.0554. The lowest BCUT2D eigenvalue weighted by atomic mass is 9.92. The van der Waals surface area contributed by atoms with Gasteiger partial charge in [-0.15, -0.1) is 0 Å². The van der Waals surface area contributed by atoms with E-state index in [9.17, 15) is 9.90 Å². The van der Waals surface area contributed by atoms with Crippen molar-refractivity contribution < 1.29 is 24.5 Å². The van der Waals surface area contributed by atoms with E-state index in [-0.39, 0.29) is 25.9 Å². The van der Waals surface area contributed by atoms with E-state index in [4.69, 9.17) is 14.6 Å². The fourth-order valence-electron chi connectivity index (χ4n) is 1.90. The Balaban J connectivity index is 2.37. The van der Waals surface area contributed by atoms with Crippen LogP contribution in [0.15, 0.2) is 0 Å². The minimum Gasteiger partial charge on any atom is -0.444 e. The van der Waals surface area contributed by atoms with Gasteiger partial charge in [0.05, 0.1) is 25.4 Å². The largest absolute Gasteiger partial charge is 0.444 e. The highest BCUT2D eigenvalue weighted by Crippen LogP contribution is 2.23. The molecule has 0 bridgehead atoms. The van der Waals surface area contributed by atoms with Gasteiger partial charge in [-0.3, -0.25) is 0 Å². The van der Waals surface area contributed by atoms with Crippen LogP contribution in [0.1, 0.15) is 33.6 Å². The number of hydrogen-bond acceptors (Lipinski definition) is 5. The van der Waals surface area contributed by atoms with Gasteiger partial charge in [0.2, 0.25) is 0 Å². The molecule has 112 valence electrons. The lowest BCUT2D eigenvalue weighted by Crippen LogP contribution is -2.50. The number of rotatable bonds is 4. The van der Waals surface area contributed by atoms with Gasteiger partial charge in [0, 0.05) is 13.1 Å². The molecule has 1 aliphatic rings. The molecule has 0 aliphatic carbocycles. The molecular weight excluding hydrogens is 250 g/mol. The van der Waals surface area contributed by atoms with Gasteiger partial charge < -0.3 is 24.6 Å². The number of nitrogens with zero attached hydrogens (tertiary/aromatic N) is 1. The van der Waals surface area contributed by atoms with E-state index in [0.29, 0.717) is 25.9 Å². The molecule has 1 heterocycles. The van der Waals surface area contributed by atoms with E-state index in [1.54, 1.807) is 4.90 Å². The number of carbonyl (C=O) groups is 1. The van der Waals surface area contributed by atoms with Crippen molar-refractivity contribution in [2.45, 2.75) is 44.8 Å². The summed E-state index contributed by atoms with van der Waals surface area (Å²) < 4.78 is 10.5. The highest BCUT2D eigenvalue weighted by molar-refractivity contribution is 5.68. The molecule has 1 amide bonds. The highest BCUT2D eigenvalue weighted by Gasteiger charge is 2.35. The number of amides is 1. The zero-order valence-electron chi connectivity index (χ0n) is 12.0. The van der Waals surface area contributed by atoms with E-state index in [1.807, 2.05) is 20.8 Å². The summed E-state index contributed by atoms with van der Waals surface area (Å²) in [7, 11) is 0. The molecule has 6 nitrogen and oxygen atoms in total. The van der Waals surface area contributed by atoms with E-state index in [1.165, 1.54) is 0 Å². The molecule has 1 saturated heterocycles. The van der Waals surface area contributed by atoms with Gasteiger partial charge in [-0.05, 0) is 33.6 Å². The molecule has 0 atom stereocenters. The lowest BCUT2D eigenvalue weighted by Gasteiger charge is -2.38. The topological polar surface area (TPSA) is 79.2 Å². The molecule has 2 N–H and O–H groups in total. The zero-order chi connectivity index (χ0) is 14.5. The van der Waals surface area contributed by atoms with Crippen molar-refractivity contribution in [2.75, 3.05) is 32.9 Å². The van der Waals surface area contributed by atoms with Gasteiger partial charge in [0.25, 0.3) is 0 Å². The van der Waals surface area contributed by atoms with Crippen LogP contribution in [-0.2, 0) is 9.47 Å². The van der Waals surface area contributed by atoms with Gasteiger partial charge in [0.15, 0.2) is 0 Å². The summed E-state index contributed by atoms with van der Waals surface area (Å²) >= 11 is 0. The van der Waals surface area contributed by atoms with Crippen molar-refractivity contribution >= 4 is 6.09 Å². The monoisotopic (exact) mass is 275 g/mol. The molecule has 0 aromatic heterocycles. The number of likely N-dealkylation sites (tertiary alicyclic amines) is 1. The Hall–Kier alpha value is -0.850. The third-order valence-corrected chi connectivity index (χ3v) is 2.95. The quantitative estimate of drug-likeness (QED) is 0.740. The molecule has 1 fully saturated rings. The number of aliphatic hydroxyl groups is 2. The van der Waals surface area contributed by atoms with Crippen molar-refractivity contribution in [1.29, 1.82) is 0 Å². The van der Waals surface area contributed by atoms with Crippen molar-refractivity contribution in [2.24, 2.45) is 0 Å². The molecule has 6 heteroatoms. The van der Waals surface area contributed by atoms with Crippen molar-refractivity contribution in [3.63, 3.8) is 0 Å². The second-order valence-corrected chi connectivity index (χ2v) is 5.97.